The number of nitrogens with zero attached hydrogens (tertiary/aromatic N) is 5. The van der Waals surface area contributed by atoms with Crippen molar-refractivity contribution in [3.63, 3.8) is 0 Å². The van der Waals surface area contributed by atoms with Crippen LogP contribution in [0, 0.1) is 18.7 Å². The molecule has 1 aliphatic heterocycles. The monoisotopic (exact) mass is 390 g/mol. The molecular formula is C21H19FN6O. The lowest BCUT2D eigenvalue weighted by atomic mass is 10.1. The predicted octanol–water partition coefficient (Wildman–Crippen LogP) is 2.99. The molecule has 8 heteroatoms. The molecule has 2 aliphatic rings. The Labute approximate surface area is 167 Å². The van der Waals surface area contributed by atoms with Crippen molar-refractivity contribution in [1.29, 1.82) is 0 Å². The quantitative estimate of drug-likeness (QED) is 0.737. The number of aryl methyl sites for hydroxylation is 1. The van der Waals surface area contributed by atoms with Gasteiger partial charge in [-0.15, -0.1) is 0 Å². The molecule has 5 rings (SSSR count). The largest absolute Gasteiger partial charge is 0.325 e. The van der Waals surface area contributed by atoms with Crippen LogP contribution < -0.4 is 10.2 Å². The molecule has 1 saturated carbocycles. The van der Waals surface area contributed by atoms with Gasteiger partial charge in [0.1, 0.15) is 6.04 Å². The number of hydrogen-bond donors (Lipinski definition) is 1. The standard InChI is InChI=1S/C21H19FN6O/c1-12-3-4-15(9-16(12)19-25-10-14(22)11-26-19)27-20(29)18-8-13-7-17(13)28(18)21-23-5-2-6-24-21/h2-6,9-11,13,17-18H,7-8H2,1H3,(H,27,29). The van der Waals surface area contributed by atoms with Gasteiger partial charge in [-0.1, -0.05) is 6.07 Å². The second-order valence-corrected chi connectivity index (χ2v) is 7.51. The zero-order chi connectivity index (χ0) is 20.0. The van der Waals surface area contributed by atoms with Crippen LogP contribution in [0.5, 0.6) is 0 Å². The number of anilines is 2. The minimum Gasteiger partial charge on any atom is -0.325 e. The summed E-state index contributed by atoms with van der Waals surface area (Å²) in [5.74, 6) is 0.970. The van der Waals surface area contributed by atoms with Crippen LogP contribution in [0.4, 0.5) is 16.0 Å². The van der Waals surface area contributed by atoms with E-state index in [9.17, 15) is 9.18 Å². The summed E-state index contributed by atoms with van der Waals surface area (Å²) in [6.45, 7) is 1.92. The third-order valence-corrected chi connectivity index (χ3v) is 5.56. The number of aromatic nitrogens is 4. The first-order chi connectivity index (χ1) is 14.1. The molecule has 7 nitrogen and oxygen atoms in total. The van der Waals surface area contributed by atoms with Crippen LogP contribution in [0.15, 0.2) is 49.1 Å². The highest BCUT2D eigenvalue weighted by atomic mass is 19.1. The fourth-order valence-corrected chi connectivity index (χ4v) is 4.02. The van der Waals surface area contributed by atoms with Gasteiger partial charge in [0.25, 0.3) is 0 Å². The smallest absolute Gasteiger partial charge is 0.247 e. The van der Waals surface area contributed by atoms with Crippen molar-refractivity contribution < 1.29 is 9.18 Å². The van der Waals surface area contributed by atoms with E-state index in [2.05, 4.69) is 25.3 Å². The molecule has 0 radical (unpaired) electrons. The first-order valence-electron chi connectivity index (χ1n) is 9.55. The van der Waals surface area contributed by atoms with Crippen molar-refractivity contribution >= 4 is 17.5 Å². The third kappa shape index (κ3) is 3.30. The topological polar surface area (TPSA) is 83.9 Å². The summed E-state index contributed by atoms with van der Waals surface area (Å²) in [7, 11) is 0. The minimum atomic E-state index is -0.487. The van der Waals surface area contributed by atoms with Gasteiger partial charge in [0.2, 0.25) is 11.9 Å². The number of rotatable bonds is 4. The van der Waals surface area contributed by atoms with Crippen LogP contribution in [-0.2, 0) is 4.79 Å². The number of amides is 1. The Balaban J connectivity index is 1.38. The number of piperidine rings is 1. The van der Waals surface area contributed by atoms with Gasteiger partial charge < -0.3 is 10.2 Å². The average Bonchev–Trinajstić information content (AvgIpc) is 3.40. The van der Waals surface area contributed by atoms with Crippen LogP contribution in [0.1, 0.15) is 18.4 Å². The van der Waals surface area contributed by atoms with Crippen LogP contribution >= 0.6 is 0 Å². The van der Waals surface area contributed by atoms with E-state index >= 15 is 0 Å². The second kappa shape index (κ2) is 6.88. The molecule has 3 unspecified atom stereocenters. The van der Waals surface area contributed by atoms with Crippen LogP contribution in [0.3, 0.4) is 0 Å². The number of fused-ring (bicyclic) bond motifs is 1. The van der Waals surface area contributed by atoms with Crippen molar-refractivity contribution in [2.24, 2.45) is 5.92 Å². The van der Waals surface area contributed by atoms with Gasteiger partial charge in [-0.2, -0.15) is 0 Å². The van der Waals surface area contributed by atoms with Crippen molar-refractivity contribution in [1.82, 2.24) is 19.9 Å². The van der Waals surface area contributed by atoms with Gasteiger partial charge in [-0.25, -0.2) is 24.3 Å². The maximum Gasteiger partial charge on any atom is 0.247 e. The van der Waals surface area contributed by atoms with Gasteiger partial charge in [-0.05, 0) is 49.4 Å². The minimum absolute atomic E-state index is 0.0838. The van der Waals surface area contributed by atoms with Crippen molar-refractivity contribution in [2.45, 2.75) is 31.8 Å². The summed E-state index contributed by atoms with van der Waals surface area (Å²) < 4.78 is 13.1. The molecule has 1 amide bonds. The Hall–Kier alpha value is -3.42. The third-order valence-electron chi connectivity index (χ3n) is 5.56. The number of nitrogens with one attached hydrogen (secondary N) is 1. The number of carbonyl (C=O) groups is 1. The molecular weight excluding hydrogens is 371 g/mol. The molecule has 1 saturated heterocycles. The van der Waals surface area contributed by atoms with E-state index < -0.39 is 5.82 Å². The molecule has 3 heterocycles. The Morgan fingerprint density at radius 2 is 1.90 bits per heavy atom. The zero-order valence-electron chi connectivity index (χ0n) is 15.8. The summed E-state index contributed by atoms with van der Waals surface area (Å²) in [5.41, 5.74) is 2.34. The van der Waals surface area contributed by atoms with E-state index in [-0.39, 0.29) is 11.9 Å². The lowest BCUT2D eigenvalue weighted by Gasteiger charge is -2.26. The summed E-state index contributed by atoms with van der Waals surface area (Å²) in [5, 5.41) is 3.01. The Bertz CT molecular complexity index is 1060. The molecule has 1 N–H and O–H groups in total. The van der Waals surface area contributed by atoms with E-state index in [1.165, 1.54) is 0 Å². The van der Waals surface area contributed by atoms with Crippen molar-refractivity contribution in [3.05, 3.63) is 60.4 Å². The predicted molar refractivity (Wildman–Crippen MR) is 106 cm³/mol. The molecule has 146 valence electrons. The first kappa shape index (κ1) is 17.7. The molecule has 3 aromatic rings. The molecule has 29 heavy (non-hydrogen) atoms. The number of carbonyl (C=O) groups excluding carboxylic acids is 1. The van der Waals surface area contributed by atoms with E-state index in [0.717, 1.165) is 36.4 Å². The van der Waals surface area contributed by atoms with E-state index in [1.807, 2.05) is 30.0 Å². The van der Waals surface area contributed by atoms with Gasteiger partial charge in [0.15, 0.2) is 11.6 Å². The fourth-order valence-electron chi connectivity index (χ4n) is 4.02. The molecule has 2 fully saturated rings. The average molecular weight is 390 g/mol. The van der Waals surface area contributed by atoms with Gasteiger partial charge in [0, 0.05) is 29.7 Å². The van der Waals surface area contributed by atoms with Crippen molar-refractivity contribution in [3.8, 4) is 11.4 Å². The van der Waals surface area contributed by atoms with Crippen LogP contribution in [-0.4, -0.2) is 37.9 Å². The van der Waals surface area contributed by atoms with E-state index in [1.54, 1.807) is 18.5 Å². The highest BCUT2D eigenvalue weighted by Gasteiger charge is 2.55. The van der Waals surface area contributed by atoms with Gasteiger partial charge in [0.05, 0.1) is 12.4 Å². The SMILES string of the molecule is Cc1ccc(NC(=O)C2CC3CC3N2c2ncccn2)cc1-c1ncc(F)cn1. The Morgan fingerprint density at radius 3 is 2.66 bits per heavy atom. The van der Waals surface area contributed by atoms with Crippen LogP contribution in [0.25, 0.3) is 11.4 Å². The number of hydrogen-bond acceptors (Lipinski definition) is 6. The maximum absolute atomic E-state index is 13.1. The normalized spacial score (nSPS) is 22.3. The molecule has 2 aromatic heterocycles. The summed E-state index contributed by atoms with van der Waals surface area (Å²) >= 11 is 0. The van der Waals surface area contributed by atoms with Crippen molar-refractivity contribution in [2.75, 3.05) is 10.2 Å². The molecule has 0 spiro atoms. The van der Waals surface area contributed by atoms with Gasteiger partial charge >= 0.3 is 0 Å². The highest BCUT2D eigenvalue weighted by Crippen LogP contribution is 2.49. The molecule has 3 atom stereocenters. The second-order valence-electron chi connectivity index (χ2n) is 7.51. The van der Waals surface area contributed by atoms with Gasteiger partial charge in [-0.3, -0.25) is 4.79 Å². The molecule has 1 aromatic carbocycles. The van der Waals surface area contributed by atoms with E-state index in [0.29, 0.717) is 29.4 Å². The maximum atomic E-state index is 13.1. The fraction of sp³-hybridized carbons (Fsp3) is 0.286. The summed E-state index contributed by atoms with van der Waals surface area (Å²) in [6.07, 6.45) is 7.54. The molecule has 0 bridgehead atoms. The number of benzene rings is 1. The Kier molecular flexibility index (Phi) is 4.19. The highest BCUT2D eigenvalue weighted by molar-refractivity contribution is 5.98. The lowest BCUT2D eigenvalue weighted by Crippen LogP contribution is -2.43. The first-order valence-corrected chi connectivity index (χ1v) is 9.55. The Morgan fingerprint density at radius 1 is 1.14 bits per heavy atom. The van der Waals surface area contributed by atoms with Crippen LogP contribution in [0.2, 0.25) is 0 Å². The lowest BCUT2D eigenvalue weighted by molar-refractivity contribution is -0.117. The summed E-state index contributed by atoms with van der Waals surface area (Å²) in [6, 6.07) is 7.37. The van der Waals surface area contributed by atoms with E-state index in [4.69, 9.17) is 0 Å². The zero-order valence-corrected chi connectivity index (χ0v) is 15.8. The summed E-state index contributed by atoms with van der Waals surface area (Å²) in [4.78, 5) is 31.9. The number of halogens is 1. The molecule has 1 aliphatic carbocycles.